The number of likely N-dealkylation sites (tertiary alicyclic amines) is 1. The zero-order valence-corrected chi connectivity index (χ0v) is 13.6. The number of alkyl halides is 3. The van der Waals surface area contributed by atoms with Crippen molar-refractivity contribution in [2.45, 2.75) is 51.4 Å². The number of nitrogens with zero attached hydrogens (tertiary/aromatic N) is 1. The summed E-state index contributed by atoms with van der Waals surface area (Å²) in [6.45, 7) is 3.49. The minimum Gasteiger partial charge on any atom is -0.452 e. The number of rotatable bonds is 3. The van der Waals surface area contributed by atoms with Gasteiger partial charge in [-0.3, -0.25) is 4.79 Å². The first-order chi connectivity index (χ1) is 11.2. The van der Waals surface area contributed by atoms with Gasteiger partial charge in [-0.1, -0.05) is 0 Å². The molecule has 0 saturated carbocycles. The van der Waals surface area contributed by atoms with E-state index in [1.165, 1.54) is 0 Å². The van der Waals surface area contributed by atoms with Crippen LogP contribution in [0, 0.1) is 0 Å². The molecular formula is C17H20F3NO3. The summed E-state index contributed by atoms with van der Waals surface area (Å²) >= 11 is 0. The first-order valence-electron chi connectivity index (χ1n) is 7.85. The molecule has 1 heterocycles. The van der Waals surface area contributed by atoms with Crippen LogP contribution in [-0.4, -0.2) is 35.5 Å². The molecule has 132 valence electrons. The summed E-state index contributed by atoms with van der Waals surface area (Å²) in [5.74, 6) is -1.09. The molecule has 0 aromatic heterocycles. The van der Waals surface area contributed by atoms with Gasteiger partial charge in [-0.15, -0.1) is 0 Å². The number of hydrogen-bond acceptors (Lipinski definition) is 3. The maximum atomic E-state index is 12.5. The molecule has 0 N–H and O–H groups in total. The zero-order chi connectivity index (χ0) is 17.9. The molecule has 0 bridgehead atoms. The molecule has 7 heteroatoms. The SMILES string of the molecule is C[C@H]1CCC[C@H](C)N1C(=O)COC(=O)c1ccc(C(F)(F)F)cc1. The third-order valence-electron chi connectivity index (χ3n) is 4.26. The van der Waals surface area contributed by atoms with E-state index in [1.807, 2.05) is 13.8 Å². The van der Waals surface area contributed by atoms with E-state index in [1.54, 1.807) is 4.90 Å². The third kappa shape index (κ3) is 4.27. The number of ether oxygens (including phenoxy) is 1. The van der Waals surface area contributed by atoms with Gasteiger partial charge in [0.2, 0.25) is 0 Å². The number of piperidine rings is 1. The van der Waals surface area contributed by atoms with Crippen LogP contribution in [0.25, 0.3) is 0 Å². The van der Waals surface area contributed by atoms with Crippen LogP contribution < -0.4 is 0 Å². The molecule has 2 atom stereocenters. The Morgan fingerprint density at radius 2 is 1.67 bits per heavy atom. The lowest BCUT2D eigenvalue weighted by Gasteiger charge is -2.38. The molecular weight excluding hydrogens is 323 g/mol. The van der Waals surface area contributed by atoms with E-state index >= 15 is 0 Å². The second-order valence-electron chi connectivity index (χ2n) is 6.08. The fraction of sp³-hybridized carbons (Fsp3) is 0.529. The number of benzene rings is 1. The largest absolute Gasteiger partial charge is 0.452 e. The average molecular weight is 343 g/mol. The van der Waals surface area contributed by atoms with Crippen molar-refractivity contribution in [3.05, 3.63) is 35.4 Å². The molecule has 0 spiro atoms. The lowest BCUT2D eigenvalue weighted by atomic mass is 9.97. The highest BCUT2D eigenvalue weighted by atomic mass is 19.4. The number of carbonyl (C=O) groups excluding carboxylic acids is 2. The number of amides is 1. The van der Waals surface area contributed by atoms with Crippen molar-refractivity contribution >= 4 is 11.9 Å². The summed E-state index contributed by atoms with van der Waals surface area (Å²) in [6, 6.07) is 3.89. The van der Waals surface area contributed by atoms with Crippen LogP contribution in [-0.2, 0) is 15.7 Å². The van der Waals surface area contributed by atoms with Gasteiger partial charge in [0.05, 0.1) is 11.1 Å². The monoisotopic (exact) mass is 343 g/mol. The van der Waals surface area contributed by atoms with Gasteiger partial charge in [0.15, 0.2) is 6.61 Å². The Labute approximate surface area is 138 Å². The molecule has 1 aliphatic rings. The van der Waals surface area contributed by atoms with Crippen molar-refractivity contribution in [1.82, 2.24) is 4.90 Å². The maximum Gasteiger partial charge on any atom is 0.416 e. The van der Waals surface area contributed by atoms with Crippen molar-refractivity contribution in [1.29, 1.82) is 0 Å². The molecule has 2 rings (SSSR count). The van der Waals surface area contributed by atoms with Gasteiger partial charge < -0.3 is 9.64 Å². The zero-order valence-electron chi connectivity index (χ0n) is 13.6. The minimum absolute atomic E-state index is 0.0180. The van der Waals surface area contributed by atoms with Crippen LogP contribution in [0.15, 0.2) is 24.3 Å². The Morgan fingerprint density at radius 1 is 1.12 bits per heavy atom. The molecule has 0 radical (unpaired) electrons. The molecule has 24 heavy (non-hydrogen) atoms. The number of halogens is 3. The van der Waals surface area contributed by atoms with Gasteiger partial charge in [0.1, 0.15) is 0 Å². The molecule has 1 aliphatic heterocycles. The quantitative estimate of drug-likeness (QED) is 0.787. The van der Waals surface area contributed by atoms with Crippen LogP contribution in [0.2, 0.25) is 0 Å². The Kier molecular flexibility index (Phi) is 5.51. The van der Waals surface area contributed by atoms with Gasteiger partial charge in [0.25, 0.3) is 5.91 Å². The van der Waals surface area contributed by atoms with E-state index in [-0.39, 0.29) is 23.6 Å². The average Bonchev–Trinajstić information content (AvgIpc) is 2.51. The van der Waals surface area contributed by atoms with Crippen molar-refractivity contribution in [3.8, 4) is 0 Å². The van der Waals surface area contributed by atoms with Crippen LogP contribution in [0.1, 0.15) is 49.0 Å². The van der Waals surface area contributed by atoms with Crippen molar-refractivity contribution in [3.63, 3.8) is 0 Å². The Balaban J connectivity index is 1.94. The van der Waals surface area contributed by atoms with Crippen LogP contribution in [0.4, 0.5) is 13.2 Å². The lowest BCUT2D eigenvalue weighted by Crippen LogP contribution is -2.49. The number of esters is 1. The maximum absolute atomic E-state index is 12.5. The van der Waals surface area contributed by atoms with E-state index in [9.17, 15) is 22.8 Å². The summed E-state index contributed by atoms with van der Waals surface area (Å²) in [5, 5.41) is 0. The lowest BCUT2D eigenvalue weighted by molar-refractivity contribution is -0.140. The van der Waals surface area contributed by atoms with E-state index in [0.29, 0.717) is 0 Å². The Hall–Kier alpha value is -2.05. The summed E-state index contributed by atoms with van der Waals surface area (Å²) in [5.41, 5.74) is -0.860. The van der Waals surface area contributed by atoms with Crippen molar-refractivity contribution in [2.75, 3.05) is 6.61 Å². The standard InChI is InChI=1S/C17H20F3NO3/c1-11-4-3-5-12(2)21(11)15(22)10-24-16(23)13-6-8-14(9-7-13)17(18,19)20/h6-9,11-12H,3-5,10H2,1-2H3/t11-,12-/m0/s1. The summed E-state index contributed by atoms with van der Waals surface area (Å²) in [6.07, 6.45) is -1.59. The van der Waals surface area contributed by atoms with Gasteiger partial charge >= 0.3 is 12.1 Å². The molecule has 1 fully saturated rings. The van der Waals surface area contributed by atoms with E-state index in [0.717, 1.165) is 43.5 Å². The van der Waals surface area contributed by atoms with Gasteiger partial charge in [0, 0.05) is 12.1 Å². The van der Waals surface area contributed by atoms with E-state index < -0.39 is 24.3 Å². The highest BCUT2D eigenvalue weighted by molar-refractivity contribution is 5.91. The fourth-order valence-corrected chi connectivity index (χ4v) is 2.99. The smallest absolute Gasteiger partial charge is 0.416 e. The van der Waals surface area contributed by atoms with E-state index in [4.69, 9.17) is 4.74 Å². The van der Waals surface area contributed by atoms with E-state index in [2.05, 4.69) is 0 Å². The first kappa shape index (κ1) is 18.3. The normalized spacial score (nSPS) is 21.5. The van der Waals surface area contributed by atoms with Crippen LogP contribution in [0.5, 0.6) is 0 Å². The van der Waals surface area contributed by atoms with Crippen molar-refractivity contribution in [2.24, 2.45) is 0 Å². The summed E-state index contributed by atoms with van der Waals surface area (Å²) in [4.78, 5) is 25.8. The second kappa shape index (κ2) is 7.23. The number of hydrogen-bond donors (Lipinski definition) is 0. The molecule has 1 aromatic rings. The summed E-state index contributed by atoms with van der Waals surface area (Å²) < 4.78 is 42.4. The second-order valence-corrected chi connectivity index (χ2v) is 6.08. The Morgan fingerprint density at radius 3 is 2.17 bits per heavy atom. The highest BCUT2D eigenvalue weighted by Crippen LogP contribution is 2.29. The predicted molar refractivity (Wildman–Crippen MR) is 81.3 cm³/mol. The molecule has 0 aliphatic carbocycles. The molecule has 1 amide bonds. The molecule has 1 aromatic carbocycles. The number of carbonyl (C=O) groups is 2. The third-order valence-corrected chi connectivity index (χ3v) is 4.26. The predicted octanol–water partition coefficient (Wildman–Crippen LogP) is 3.65. The van der Waals surface area contributed by atoms with Gasteiger partial charge in [-0.2, -0.15) is 13.2 Å². The summed E-state index contributed by atoms with van der Waals surface area (Å²) in [7, 11) is 0. The molecule has 4 nitrogen and oxygen atoms in total. The van der Waals surface area contributed by atoms with Crippen LogP contribution in [0.3, 0.4) is 0 Å². The fourth-order valence-electron chi connectivity index (χ4n) is 2.99. The molecule has 1 saturated heterocycles. The molecule has 0 unspecified atom stereocenters. The van der Waals surface area contributed by atoms with Gasteiger partial charge in [-0.25, -0.2) is 4.79 Å². The topological polar surface area (TPSA) is 46.6 Å². The first-order valence-corrected chi connectivity index (χ1v) is 7.85. The van der Waals surface area contributed by atoms with Gasteiger partial charge in [-0.05, 0) is 57.4 Å². The minimum atomic E-state index is -4.46. The highest BCUT2D eigenvalue weighted by Gasteiger charge is 2.31. The Bertz CT molecular complexity index is 588. The van der Waals surface area contributed by atoms with Crippen molar-refractivity contribution < 1.29 is 27.5 Å². The van der Waals surface area contributed by atoms with Crippen LogP contribution >= 0.6 is 0 Å².